The van der Waals surface area contributed by atoms with E-state index in [0.29, 0.717) is 19.4 Å². The maximum absolute atomic E-state index is 12.3. The first-order valence-corrected chi connectivity index (χ1v) is 8.08. The lowest BCUT2D eigenvalue weighted by Gasteiger charge is -2.31. The van der Waals surface area contributed by atoms with E-state index in [0.717, 1.165) is 7.11 Å². The van der Waals surface area contributed by atoms with Gasteiger partial charge < -0.3 is 9.47 Å². The fraction of sp³-hybridized carbons (Fsp3) is 0.833. The van der Waals surface area contributed by atoms with E-state index in [9.17, 15) is 18.0 Å². The van der Waals surface area contributed by atoms with Crippen LogP contribution in [0.5, 0.6) is 0 Å². The molecule has 1 rings (SSSR count). The van der Waals surface area contributed by atoms with Gasteiger partial charge in [-0.25, -0.2) is 12.7 Å². The van der Waals surface area contributed by atoms with Crippen molar-refractivity contribution in [1.82, 2.24) is 4.31 Å². The Hall–Kier alpha value is -1.15. The van der Waals surface area contributed by atoms with Crippen LogP contribution in [0.1, 0.15) is 26.7 Å². The normalized spacial score (nSPS) is 22.1. The van der Waals surface area contributed by atoms with E-state index in [1.807, 2.05) is 0 Å². The number of ether oxygens (including phenoxy) is 2. The Bertz CT molecular complexity index is 461. The van der Waals surface area contributed by atoms with E-state index in [4.69, 9.17) is 4.74 Å². The number of sulfonamides is 1. The van der Waals surface area contributed by atoms with Gasteiger partial charge in [0.1, 0.15) is 0 Å². The van der Waals surface area contributed by atoms with Gasteiger partial charge in [0.2, 0.25) is 10.0 Å². The summed E-state index contributed by atoms with van der Waals surface area (Å²) in [5, 5.41) is -1.27. The molecule has 0 saturated carbocycles. The number of nitrogens with zero attached hydrogens (tertiary/aromatic N) is 1. The van der Waals surface area contributed by atoms with Gasteiger partial charge in [-0.05, 0) is 26.7 Å². The summed E-state index contributed by atoms with van der Waals surface area (Å²) in [7, 11) is -2.66. The molecule has 8 heteroatoms. The number of carbonyl (C=O) groups is 2. The van der Waals surface area contributed by atoms with Crippen molar-refractivity contribution in [3.8, 4) is 0 Å². The van der Waals surface area contributed by atoms with Crippen LogP contribution in [-0.2, 0) is 29.1 Å². The molecule has 1 unspecified atom stereocenters. The average Bonchev–Trinajstić information content (AvgIpc) is 2.45. The van der Waals surface area contributed by atoms with Gasteiger partial charge in [-0.2, -0.15) is 0 Å². The zero-order valence-corrected chi connectivity index (χ0v) is 12.8. The van der Waals surface area contributed by atoms with Crippen molar-refractivity contribution in [2.24, 2.45) is 5.92 Å². The molecule has 0 amide bonds. The number of esters is 2. The average molecular weight is 307 g/mol. The van der Waals surface area contributed by atoms with E-state index >= 15 is 0 Å². The lowest BCUT2D eigenvalue weighted by atomic mass is 10.0. The largest absolute Gasteiger partial charge is 0.468 e. The topological polar surface area (TPSA) is 90.0 Å². The molecule has 2 atom stereocenters. The molecule has 1 fully saturated rings. The number of piperidine rings is 1. The summed E-state index contributed by atoms with van der Waals surface area (Å²) in [4.78, 5) is 23.1. The Morgan fingerprint density at radius 1 is 1.40 bits per heavy atom. The van der Waals surface area contributed by atoms with Crippen LogP contribution in [-0.4, -0.2) is 56.7 Å². The summed E-state index contributed by atoms with van der Waals surface area (Å²) in [6.45, 7) is 3.62. The van der Waals surface area contributed by atoms with Gasteiger partial charge in [-0.1, -0.05) is 0 Å². The molecule has 1 aliphatic rings. The quantitative estimate of drug-likeness (QED) is 0.672. The fourth-order valence-corrected chi connectivity index (χ4v) is 3.70. The highest BCUT2D eigenvalue weighted by Crippen LogP contribution is 2.22. The number of hydrogen-bond donors (Lipinski definition) is 0. The zero-order chi connectivity index (χ0) is 15.3. The second-order valence-corrected chi connectivity index (χ2v) is 6.91. The Balaban J connectivity index is 2.80. The second-order valence-electron chi connectivity index (χ2n) is 4.66. The highest BCUT2D eigenvalue weighted by atomic mass is 32.2. The summed E-state index contributed by atoms with van der Waals surface area (Å²) >= 11 is 0. The van der Waals surface area contributed by atoms with Crippen LogP contribution in [0.4, 0.5) is 0 Å². The molecule has 0 aromatic heterocycles. The van der Waals surface area contributed by atoms with Gasteiger partial charge in [0.25, 0.3) is 0 Å². The minimum absolute atomic E-state index is 0.0580. The predicted octanol–water partition coefficient (Wildman–Crippen LogP) is 0.153. The lowest BCUT2D eigenvalue weighted by Crippen LogP contribution is -2.47. The van der Waals surface area contributed by atoms with Crippen molar-refractivity contribution in [3.05, 3.63) is 0 Å². The molecule has 0 aromatic rings. The molecule has 20 heavy (non-hydrogen) atoms. The summed E-state index contributed by atoms with van der Waals surface area (Å²) in [5.41, 5.74) is 0. The van der Waals surface area contributed by atoms with Gasteiger partial charge in [-0.3, -0.25) is 9.59 Å². The summed E-state index contributed by atoms with van der Waals surface area (Å²) in [6, 6.07) is 0. The summed E-state index contributed by atoms with van der Waals surface area (Å²) in [5.74, 6) is -1.66. The van der Waals surface area contributed by atoms with Gasteiger partial charge in [0.05, 0.1) is 19.6 Å². The van der Waals surface area contributed by atoms with E-state index < -0.39 is 33.1 Å². The maximum Gasteiger partial charge on any atom is 0.325 e. The maximum atomic E-state index is 12.3. The van der Waals surface area contributed by atoms with E-state index in [-0.39, 0.29) is 13.2 Å². The van der Waals surface area contributed by atoms with E-state index in [1.54, 1.807) is 6.92 Å². The van der Waals surface area contributed by atoms with Crippen LogP contribution in [0.3, 0.4) is 0 Å². The first kappa shape index (κ1) is 16.9. The lowest BCUT2D eigenvalue weighted by molar-refractivity contribution is -0.149. The predicted molar refractivity (Wildman–Crippen MR) is 71.3 cm³/mol. The third-order valence-corrected chi connectivity index (χ3v) is 5.48. The highest BCUT2D eigenvalue weighted by molar-refractivity contribution is 7.90. The molecule has 1 saturated heterocycles. The SMILES string of the molecule is CCOC(=O)[C@H]1CCCN(S(=O)(=O)C(C)C(=O)OC)C1. The third kappa shape index (κ3) is 3.69. The third-order valence-electron chi connectivity index (χ3n) is 3.34. The molecular formula is C12H21NO6S. The molecule has 1 aliphatic heterocycles. The van der Waals surface area contributed by atoms with Crippen molar-refractivity contribution in [2.45, 2.75) is 31.9 Å². The van der Waals surface area contributed by atoms with Crippen LogP contribution in [0.2, 0.25) is 0 Å². The molecular weight excluding hydrogens is 286 g/mol. The number of methoxy groups -OCH3 is 1. The monoisotopic (exact) mass is 307 g/mol. The van der Waals surface area contributed by atoms with Gasteiger partial charge in [-0.15, -0.1) is 0 Å². The Morgan fingerprint density at radius 3 is 2.60 bits per heavy atom. The van der Waals surface area contributed by atoms with Crippen LogP contribution < -0.4 is 0 Å². The number of hydrogen-bond acceptors (Lipinski definition) is 6. The van der Waals surface area contributed by atoms with E-state index in [1.165, 1.54) is 11.2 Å². The van der Waals surface area contributed by atoms with Crippen LogP contribution in [0, 0.1) is 5.92 Å². The molecule has 0 spiro atoms. The smallest absolute Gasteiger partial charge is 0.325 e. The summed E-state index contributed by atoms with van der Waals surface area (Å²) < 4.78 is 35.1. The minimum atomic E-state index is -3.80. The van der Waals surface area contributed by atoms with Crippen LogP contribution >= 0.6 is 0 Å². The van der Waals surface area contributed by atoms with Gasteiger partial charge in [0.15, 0.2) is 5.25 Å². The molecule has 0 aliphatic carbocycles. The Labute approximate surface area is 119 Å². The minimum Gasteiger partial charge on any atom is -0.468 e. The molecule has 1 heterocycles. The van der Waals surface area contributed by atoms with E-state index in [2.05, 4.69) is 4.74 Å². The van der Waals surface area contributed by atoms with Crippen molar-refractivity contribution < 1.29 is 27.5 Å². The van der Waals surface area contributed by atoms with Gasteiger partial charge in [0, 0.05) is 13.1 Å². The van der Waals surface area contributed by atoms with Crippen molar-refractivity contribution in [3.63, 3.8) is 0 Å². The van der Waals surface area contributed by atoms with Crippen molar-refractivity contribution in [1.29, 1.82) is 0 Å². The second kappa shape index (κ2) is 7.03. The standard InChI is InChI=1S/C12H21NO6S/c1-4-19-12(15)10-6-5-7-13(8-10)20(16,17)9(2)11(14)18-3/h9-10H,4-8H2,1-3H3/t9?,10-/m0/s1. The number of rotatable bonds is 5. The molecule has 116 valence electrons. The Morgan fingerprint density at radius 2 is 2.05 bits per heavy atom. The highest BCUT2D eigenvalue weighted by Gasteiger charge is 2.39. The molecule has 0 N–H and O–H groups in total. The molecule has 0 bridgehead atoms. The number of carbonyl (C=O) groups excluding carboxylic acids is 2. The first-order chi connectivity index (χ1) is 9.34. The summed E-state index contributed by atoms with van der Waals surface area (Å²) in [6.07, 6.45) is 1.16. The van der Waals surface area contributed by atoms with Crippen LogP contribution in [0.25, 0.3) is 0 Å². The van der Waals surface area contributed by atoms with Crippen LogP contribution in [0.15, 0.2) is 0 Å². The van der Waals surface area contributed by atoms with Crippen molar-refractivity contribution >= 4 is 22.0 Å². The fourth-order valence-electron chi connectivity index (χ4n) is 2.14. The first-order valence-electron chi connectivity index (χ1n) is 6.58. The molecule has 0 radical (unpaired) electrons. The Kier molecular flexibility index (Phi) is 5.94. The van der Waals surface area contributed by atoms with Gasteiger partial charge >= 0.3 is 11.9 Å². The molecule has 0 aromatic carbocycles. The molecule has 7 nitrogen and oxygen atoms in total. The van der Waals surface area contributed by atoms with Crippen molar-refractivity contribution in [2.75, 3.05) is 26.8 Å². The zero-order valence-electron chi connectivity index (χ0n) is 12.0.